The summed E-state index contributed by atoms with van der Waals surface area (Å²) in [6.07, 6.45) is 2.56. The van der Waals surface area contributed by atoms with Crippen LogP contribution in [0.15, 0.2) is 17.5 Å². The van der Waals surface area contributed by atoms with E-state index in [4.69, 9.17) is 0 Å². The maximum Gasteiger partial charge on any atom is 0.0331 e. The zero-order valence-corrected chi connectivity index (χ0v) is 10.2. The molecule has 1 aliphatic rings. The van der Waals surface area contributed by atoms with Crippen LogP contribution in [0.3, 0.4) is 0 Å². The van der Waals surface area contributed by atoms with Gasteiger partial charge in [-0.1, -0.05) is 13.0 Å². The van der Waals surface area contributed by atoms with Crippen molar-refractivity contribution in [3.05, 3.63) is 22.4 Å². The predicted molar refractivity (Wildman–Crippen MR) is 66.3 cm³/mol. The second-order valence-electron chi connectivity index (χ2n) is 4.20. The van der Waals surface area contributed by atoms with Crippen molar-refractivity contribution >= 4 is 11.3 Å². The lowest BCUT2D eigenvalue weighted by atomic mass is 10.2. The lowest BCUT2D eigenvalue weighted by Gasteiger charge is -2.27. The van der Waals surface area contributed by atoms with Gasteiger partial charge in [-0.15, -0.1) is 11.3 Å². The zero-order valence-electron chi connectivity index (χ0n) is 9.41. The molecule has 1 aliphatic heterocycles. The first kappa shape index (κ1) is 11.1. The van der Waals surface area contributed by atoms with Crippen molar-refractivity contribution < 1.29 is 0 Å². The van der Waals surface area contributed by atoms with Gasteiger partial charge in [0.15, 0.2) is 0 Å². The van der Waals surface area contributed by atoms with E-state index in [1.165, 1.54) is 37.4 Å². The third kappa shape index (κ3) is 3.03. The van der Waals surface area contributed by atoms with Gasteiger partial charge in [-0.25, -0.2) is 0 Å². The molecule has 0 aromatic carbocycles. The number of nitrogens with one attached hydrogen (secondary N) is 1. The summed E-state index contributed by atoms with van der Waals surface area (Å²) in [6.45, 7) is 6.99. The van der Waals surface area contributed by atoms with Crippen LogP contribution in [0.25, 0.3) is 0 Å². The van der Waals surface area contributed by atoms with Crippen molar-refractivity contribution in [2.75, 3.05) is 19.6 Å². The summed E-state index contributed by atoms with van der Waals surface area (Å²) in [5.41, 5.74) is 0. The van der Waals surface area contributed by atoms with Crippen LogP contribution in [0.1, 0.15) is 24.6 Å². The van der Waals surface area contributed by atoms with E-state index >= 15 is 0 Å². The number of hydrogen-bond acceptors (Lipinski definition) is 3. The average molecular weight is 224 g/mol. The molecule has 1 N–H and O–H groups in total. The van der Waals surface area contributed by atoms with Gasteiger partial charge < -0.3 is 5.32 Å². The van der Waals surface area contributed by atoms with Crippen molar-refractivity contribution in [2.24, 2.45) is 0 Å². The molecule has 0 radical (unpaired) electrons. The molecule has 84 valence electrons. The molecule has 2 heterocycles. The van der Waals surface area contributed by atoms with E-state index in [1.54, 1.807) is 0 Å². The summed E-state index contributed by atoms with van der Waals surface area (Å²) in [5.74, 6) is 0. The summed E-state index contributed by atoms with van der Waals surface area (Å²) in [4.78, 5) is 4.13. The van der Waals surface area contributed by atoms with Gasteiger partial charge >= 0.3 is 0 Å². The molecule has 1 saturated heterocycles. The second-order valence-corrected chi connectivity index (χ2v) is 5.23. The first-order valence-corrected chi connectivity index (χ1v) is 6.75. The van der Waals surface area contributed by atoms with Crippen LogP contribution < -0.4 is 5.32 Å². The van der Waals surface area contributed by atoms with Crippen LogP contribution in [0.4, 0.5) is 0 Å². The molecule has 2 rings (SSSR count). The quantitative estimate of drug-likeness (QED) is 0.826. The van der Waals surface area contributed by atoms with E-state index < -0.39 is 0 Å². The molecular formula is C12H20N2S. The molecule has 2 nitrogen and oxygen atoms in total. The number of nitrogens with zero attached hydrogens (tertiary/aromatic N) is 1. The van der Waals surface area contributed by atoms with Gasteiger partial charge in [0.1, 0.15) is 0 Å². The van der Waals surface area contributed by atoms with Crippen LogP contribution in [-0.2, 0) is 6.54 Å². The maximum absolute atomic E-state index is 3.45. The van der Waals surface area contributed by atoms with Gasteiger partial charge in [0.2, 0.25) is 0 Å². The summed E-state index contributed by atoms with van der Waals surface area (Å²) in [5, 5.41) is 5.63. The smallest absolute Gasteiger partial charge is 0.0331 e. The maximum atomic E-state index is 3.45. The Balaban J connectivity index is 1.93. The number of rotatable bonds is 5. The Labute approximate surface area is 96.3 Å². The molecule has 1 unspecified atom stereocenters. The third-order valence-electron chi connectivity index (χ3n) is 3.00. The Morgan fingerprint density at radius 1 is 1.60 bits per heavy atom. The molecule has 0 amide bonds. The van der Waals surface area contributed by atoms with Crippen LogP contribution in [0.5, 0.6) is 0 Å². The summed E-state index contributed by atoms with van der Waals surface area (Å²) in [6, 6.07) is 5.15. The van der Waals surface area contributed by atoms with E-state index in [9.17, 15) is 0 Å². The first-order chi connectivity index (χ1) is 7.40. The van der Waals surface area contributed by atoms with Crippen molar-refractivity contribution in [3.63, 3.8) is 0 Å². The molecule has 3 heteroatoms. The van der Waals surface area contributed by atoms with Gasteiger partial charge in [-0.05, 0) is 37.4 Å². The lowest BCUT2D eigenvalue weighted by molar-refractivity contribution is 0.201. The fourth-order valence-electron chi connectivity index (χ4n) is 2.23. The first-order valence-electron chi connectivity index (χ1n) is 5.87. The molecule has 1 fully saturated rings. The Morgan fingerprint density at radius 2 is 2.53 bits per heavy atom. The van der Waals surface area contributed by atoms with E-state index in [1.807, 2.05) is 11.3 Å². The van der Waals surface area contributed by atoms with E-state index in [0.29, 0.717) is 0 Å². The van der Waals surface area contributed by atoms with Crippen LogP contribution in [-0.4, -0.2) is 30.6 Å². The Kier molecular flexibility index (Phi) is 4.18. The zero-order chi connectivity index (χ0) is 10.5. The largest absolute Gasteiger partial charge is 0.315 e. The molecule has 15 heavy (non-hydrogen) atoms. The second kappa shape index (κ2) is 5.64. The van der Waals surface area contributed by atoms with E-state index in [2.05, 4.69) is 34.7 Å². The summed E-state index contributed by atoms with van der Waals surface area (Å²) >= 11 is 1.87. The minimum atomic E-state index is 0.757. The van der Waals surface area contributed by atoms with E-state index in [-0.39, 0.29) is 0 Å². The monoisotopic (exact) mass is 224 g/mol. The third-order valence-corrected chi connectivity index (χ3v) is 3.86. The SMILES string of the molecule is CCCN(Cc1cccs1)C1CCNC1. The van der Waals surface area contributed by atoms with Crippen LogP contribution >= 0.6 is 11.3 Å². The highest BCUT2D eigenvalue weighted by Gasteiger charge is 2.21. The molecule has 0 saturated carbocycles. The van der Waals surface area contributed by atoms with Gasteiger partial charge in [0, 0.05) is 24.0 Å². The van der Waals surface area contributed by atoms with E-state index in [0.717, 1.165) is 12.6 Å². The molecule has 0 spiro atoms. The Bertz CT molecular complexity index is 265. The molecular weight excluding hydrogens is 204 g/mol. The van der Waals surface area contributed by atoms with Gasteiger partial charge in [-0.2, -0.15) is 0 Å². The molecule has 1 aromatic heterocycles. The van der Waals surface area contributed by atoms with Crippen LogP contribution in [0, 0.1) is 0 Å². The standard InChI is InChI=1S/C12H20N2S/c1-2-7-14(11-5-6-13-9-11)10-12-4-3-8-15-12/h3-4,8,11,13H,2,5-7,9-10H2,1H3. The van der Waals surface area contributed by atoms with Crippen molar-refractivity contribution in [2.45, 2.75) is 32.4 Å². The normalized spacial score (nSPS) is 21.3. The minimum Gasteiger partial charge on any atom is -0.315 e. The fraction of sp³-hybridized carbons (Fsp3) is 0.667. The van der Waals surface area contributed by atoms with Gasteiger partial charge in [0.05, 0.1) is 0 Å². The Morgan fingerprint density at radius 3 is 3.13 bits per heavy atom. The number of thiophene rings is 1. The highest BCUT2D eigenvalue weighted by molar-refractivity contribution is 7.09. The highest BCUT2D eigenvalue weighted by Crippen LogP contribution is 2.17. The average Bonchev–Trinajstić information content (AvgIpc) is 2.89. The van der Waals surface area contributed by atoms with Gasteiger partial charge in [-0.3, -0.25) is 4.90 Å². The van der Waals surface area contributed by atoms with Crippen molar-refractivity contribution in [3.8, 4) is 0 Å². The topological polar surface area (TPSA) is 15.3 Å². The minimum absolute atomic E-state index is 0.757. The Hall–Kier alpha value is -0.380. The molecule has 1 aromatic rings. The van der Waals surface area contributed by atoms with Crippen LogP contribution in [0.2, 0.25) is 0 Å². The lowest BCUT2D eigenvalue weighted by Crippen LogP contribution is -2.36. The van der Waals surface area contributed by atoms with Crippen molar-refractivity contribution in [1.29, 1.82) is 0 Å². The molecule has 0 aliphatic carbocycles. The number of hydrogen-bond donors (Lipinski definition) is 1. The molecule has 0 bridgehead atoms. The van der Waals surface area contributed by atoms with Crippen molar-refractivity contribution in [1.82, 2.24) is 10.2 Å². The summed E-state index contributed by atoms with van der Waals surface area (Å²) < 4.78 is 0. The molecule has 1 atom stereocenters. The highest BCUT2D eigenvalue weighted by atomic mass is 32.1. The summed E-state index contributed by atoms with van der Waals surface area (Å²) in [7, 11) is 0. The van der Waals surface area contributed by atoms with Gasteiger partial charge in [0.25, 0.3) is 0 Å². The fourth-order valence-corrected chi connectivity index (χ4v) is 2.96. The predicted octanol–water partition coefficient (Wildman–Crippen LogP) is 2.32.